The Balaban J connectivity index is 2.02. The predicted octanol–water partition coefficient (Wildman–Crippen LogP) is 1.50. The Kier molecular flexibility index (Phi) is 4.85. The van der Waals surface area contributed by atoms with Gasteiger partial charge in [-0.15, -0.1) is 0 Å². The van der Waals surface area contributed by atoms with Crippen molar-refractivity contribution in [2.75, 3.05) is 20.6 Å². The second-order valence-electron chi connectivity index (χ2n) is 6.25. The Labute approximate surface area is 125 Å². The number of nitrogens with one attached hydrogen (secondary N) is 1. The van der Waals surface area contributed by atoms with E-state index in [2.05, 4.69) is 5.32 Å². The van der Waals surface area contributed by atoms with Gasteiger partial charge in [0.1, 0.15) is 5.54 Å². The van der Waals surface area contributed by atoms with Crippen molar-refractivity contribution in [3.05, 3.63) is 0 Å². The van der Waals surface area contributed by atoms with E-state index in [1.807, 2.05) is 0 Å². The lowest BCUT2D eigenvalue weighted by Crippen LogP contribution is -2.49. The molecule has 2 fully saturated rings. The Morgan fingerprint density at radius 1 is 1.19 bits per heavy atom. The quantitative estimate of drug-likeness (QED) is 0.799. The van der Waals surface area contributed by atoms with Crippen LogP contribution >= 0.6 is 0 Å². The van der Waals surface area contributed by atoms with Crippen LogP contribution in [0.4, 0.5) is 4.79 Å². The number of hydrogen-bond donors (Lipinski definition) is 1. The van der Waals surface area contributed by atoms with Crippen molar-refractivity contribution >= 4 is 17.8 Å². The standard InChI is InChI=1S/C15H25N3O3/c1-17(2)12(19)8-7-11-18-14(21)16-13(20)15(18)9-5-3-4-6-10-15/h3-11H2,1-2H3,(H,16,20,21). The fourth-order valence-electron chi connectivity index (χ4n) is 3.34. The van der Waals surface area contributed by atoms with Crippen LogP contribution in [-0.2, 0) is 9.59 Å². The highest BCUT2D eigenvalue weighted by molar-refractivity contribution is 6.07. The molecule has 0 unspecified atom stereocenters. The number of nitrogens with zero attached hydrogens (tertiary/aromatic N) is 2. The van der Waals surface area contributed by atoms with Crippen LogP contribution in [0.2, 0.25) is 0 Å². The second kappa shape index (κ2) is 6.45. The minimum atomic E-state index is -0.658. The van der Waals surface area contributed by atoms with E-state index >= 15 is 0 Å². The molecule has 1 spiro atoms. The molecule has 1 saturated carbocycles. The molecule has 0 aromatic rings. The zero-order valence-electron chi connectivity index (χ0n) is 13.0. The molecule has 1 heterocycles. The number of carbonyl (C=O) groups excluding carboxylic acids is 3. The third kappa shape index (κ3) is 3.19. The molecule has 118 valence electrons. The van der Waals surface area contributed by atoms with Crippen molar-refractivity contribution in [1.82, 2.24) is 15.1 Å². The highest BCUT2D eigenvalue weighted by Crippen LogP contribution is 2.36. The van der Waals surface area contributed by atoms with E-state index in [1.165, 1.54) is 0 Å². The summed E-state index contributed by atoms with van der Waals surface area (Å²) in [7, 11) is 3.45. The van der Waals surface area contributed by atoms with Gasteiger partial charge in [0, 0.05) is 27.1 Å². The van der Waals surface area contributed by atoms with E-state index in [4.69, 9.17) is 0 Å². The molecule has 6 nitrogen and oxygen atoms in total. The third-order valence-corrected chi connectivity index (χ3v) is 4.61. The van der Waals surface area contributed by atoms with Crippen molar-refractivity contribution < 1.29 is 14.4 Å². The van der Waals surface area contributed by atoms with Gasteiger partial charge in [-0.2, -0.15) is 0 Å². The van der Waals surface area contributed by atoms with E-state index in [1.54, 1.807) is 23.9 Å². The molecule has 6 heteroatoms. The predicted molar refractivity (Wildman–Crippen MR) is 78.6 cm³/mol. The maximum Gasteiger partial charge on any atom is 0.325 e. The van der Waals surface area contributed by atoms with Gasteiger partial charge in [0.25, 0.3) is 5.91 Å². The third-order valence-electron chi connectivity index (χ3n) is 4.61. The minimum Gasteiger partial charge on any atom is -0.349 e. The fourth-order valence-corrected chi connectivity index (χ4v) is 3.34. The number of imide groups is 1. The smallest absolute Gasteiger partial charge is 0.325 e. The van der Waals surface area contributed by atoms with Gasteiger partial charge in [0.2, 0.25) is 5.91 Å². The van der Waals surface area contributed by atoms with Crippen molar-refractivity contribution in [1.29, 1.82) is 0 Å². The molecule has 0 radical (unpaired) electrons. The molecular weight excluding hydrogens is 270 g/mol. The maximum atomic E-state index is 12.3. The van der Waals surface area contributed by atoms with Gasteiger partial charge in [-0.25, -0.2) is 4.79 Å². The summed E-state index contributed by atoms with van der Waals surface area (Å²) in [5, 5.41) is 2.47. The Morgan fingerprint density at radius 2 is 1.81 bits per heavy atom. The van der Waals surface area contributed by atoms with Crippen LogP contribution in [0, 0.1) is 0 Å². The van der Waals surface area contributed by atoms with Gasteiger partial charge in [-0.3, -0.25) is 14.9 Å². The van der Waals surface area contributed by atoms with E-state index in [9.17, 15) is 14.4 Å². The summed E-state index contributed by atoms with van der Waals surface area (Å²) < 4.78 is 0. The van der Waals surface area contributed by atoms with Crippen LogP contribution in [0.5, 0.6) is 0 Å². The van der Waals surface area contributed by atoms with Crippen LogP contribution in [0.1, 0.15) is 51.4 Å². The molecule has 0 atom stereocenters. The number of carbonyl (C=O) groups is 3. The Bertz CT molecular complexity index is 426. The molecule has 1 saturated heterocycles. The molecule has 1 aliphatic carbocycles. The van der Waals surface area contributed by atoms with Crippen molar-refractivity contribution in [2.45, 2.75) is 56.9 Å². The van der Waals surface area contributed by atoms with Crippen LogP contribution in [0.3, 0.4) is 0 Å². The van der Waals surface area contributed by atoms with Crippen molar-refractivity contribution in [2.24, 2.45) is 0 Å². The SMILES string of the molecule is CN(C)C(=O)CCCN1C(=O)NC(=O)C12CCCCCC2. The van der Waals surface area contributed by atoms with E-state index < -0.39 is 5.54 Å². The van der Waals surface area contributed by atoms with Gasteiger partial charge < -0.3 is 9.80 Å². The molecule has 21 heavy (non-hydrogen) atoms. The normalized spacial score (nSPS) is 21.3. The van der Waals surface area contributed by atoms with E-state index in [-0.39, 0.29) is 17.8 Å². The van der Waals surface area contributed by atoms with Crippen molar-refractivity contribution in [3.63, 3.8) is 0 Å². The van der Waals surface area contributed by atoms with Gasteiger partial charge in [-0.05, 0) is 19.3 Å². The first-order valence-electron chi connectivity index (χ1n) is 7.80. The van der Waals surface area contributed by atoms with E-state index in [0.717, 1.165) is 38.5 Å². The Hall–Kier alpha value is -1.59. The largest absolute Gasteiger partial charge is 0.349 e. The van der Waals surface area contributed by atoms with Crippen LogP contribution in [0.25, 0.3) is 0 Å². The molecular formula is C15H25N3O3. The van der Waals surface area contributed by atoms with Gasteiger partial charge in [0.15, 0.2) is 0 Å². The Morgan fingerprint density at radius 3 is 2.38 bits per heavy atom. The molecule has 2 rings (SSSR count). The average molecular weight is 295 g/mol. The summed E-state index contributed by atoms with van der Waals surface area (Å²) in [6, 6.07) is -0.292. The first kappa shape index (κ1) is 15.8. The van der Waals surface area contributed by atoms with E-state index in [0.29, 0.717) is 19.4 Å². The van der Waals surface area contributed by atoms with Gasteiger partial charge >= 0.3 is 6.03 Å². The van der Waals surface area contributed by atoms with Gasteiger partial charge in [0.05, 0.1) is 0 Å². The zero-order chi connectivity index (χ0) is 15.5. The van der Waals surface area contributed by atoms with Gasteiger partial charge in [-0.1, -0.05) is 25.7 Å². The highest BCUT2D eigenvalue weighted by atomic mass is 16.2. The molecule has 0 aromatic carbocycles. The van der Waals surface area contributed by atoms with Crippen molar-refractivity contribution in [3.8, 4) is 0 Å². The average Bonchev–Trinajstić information content (AvgIpc) is 2.63. The second-order valence-corrected chi connectivity index (χ2v) is 6.25. The first-order chi connectivity index (χ1) is 9.97. The first-order valence-corrected chi connectivity index (χ1v) is 7.80. The number of urea groups is 1. The lowest BCUT2D eigenvalue weighted by Gasteiger charge is -2.34. The zero-order valence-corrected chi connectivity index (χ0v) is 13.0. The molecule has 1 aliphatic heterocycles. The summed E-state index contributed by atoms with van der Waals surface area (Å²) in [4.78, 5) is 39.2. The fraction of sp³-hybridized carbons (Fsp3) is 0.800. The molecule has 0 aromatic heterocycles. The maximum absolute atomic E-state index is 12.3. The summed E-state index contributed by atoms with van der Waals surface area (Å²) in [6.07, 6.45) is 6.69. The highest BCUT2D eigenvalue weighted by Gasteiger charge is 2.51. The lowest BCUT2D eigenvalue weighted by atomic mass is 9.88. The van der Waals surface area contributed by atoms with Crippen LogP contribution in [-0.4, -0.2) is 53.8 Å². The minimum absolute atomic E-state index is 0.0517. The summed E-state index contributed by atoms with van der Waals surface area (Å²) >= 11 is 0. The topological polar surface area (TPSA) is 69.7 Å². The molecule has 2 aliphatic rings. The molecule has 1 N–H and O–H groups in total. The number of amides is 4. The summed E-state index contributed by atoms with van der Waals surface area (Å²) in [5.74, 6) is -0.0933. The van der Waals surface area contributed by atoms with Crippen LogP contribution < -0.4 is 5.32 Å². The summed E-state index contributed by atoms with van der Waals surface area (Å²) in [5.41, 5.74) is -0.658. The summed E-state index contributed by atoms with van der Waals surface area (Å²) in [6.45, 7) is 0.469. The monoisotopic (exact) mass is 295 g/mol. The number of hydrogen-bond acceptors (Lipinski definition) is 3. The molecule has 4 amide bonds. The lowest BCUT2D eigenvalue weighted by molar-refractivity contribution is -0.128. The number of rotatable bonds is 4. The molecule has 0 bridgehead atoms. The van der Waals surface area contributed by atoms with Crippen LogP contribution in [0.15, 0.2) is 0 Å².